The van der Waals surface area contributed by atoms with Crippen LogP contribution in [0.15, 0.2) is 42.5 Å². The predicted molar refractivity (Wildman–Crippen MR) is 116 cm³/mol. The zero-order valence-electron chi connectivity index (χ0n) is 17.3. The normalized spacial score (nSPS) is 16.4. The molecule has 0 spiro atoms. The van der Waals surface area contributed by atoms with Crippen molar-refractivity contribution in [1.82, 2.24) is 15.5 Å². The van der Waals surface area contributed by atoms with Crippen LogP contribution in [0.5, 0.6) is 0 Å². The summed E-state index contributed by atoms with van der Waals surface area (Å²) in [4.78, 5) is 26.8. The van der Waals surface area contributed by atoms with Crippen molar-refractivity contribution in [2.45, 2.75) is 45.2 Å². The van der Waals surface area contributed by atoms with Crippen LogP contribution in [-0.4, -0.2) is 36.0 Å². The number of rotatable bonds is 5. The number of carbonyl (C=O) groups excluding carboxylic acids is 2. The fourth-order valence-corrected chi connectivity index (χ4v) is 3.84. The van der Waals surface area contributed by atoms with Crippen LogP contribution in [0, 0.1) is 5.82 Å². The van der Waals surface area contributed by atoms with Gasteiger partial charge in [-0.05, 0) is 62.1 Å². The molecule has 5 nitrogen and oxygen atoms in total. The molecular formula is C23H27ClFN3O2. The molecule has 7 heteroatoms. The Morgan fingerprint density at radius 2 is 2.03 bits per heavy atom. The molecule has 2 aromatic carbocycles. The van der Waals surface area contributed by atoms with Crippen LogP contribution < -0.4 is 10.6 Å². The summed E-state index contributed by atoms with van der Waals surface area (Å²) in [5, 5.41) is 5.82. The summed E-state index contributed by atoms with van der Waals surface area (Å²) in [7, 11) is 0. The Bertz CT molecular complexity index is 919. The third-order valence-electron chi connectivity index (χ3n) is 5.18. The third-order valence-corrected chi connectivity index (χ3v) is 5.47. The number of amides is 3. The number of piperidine rings is 1. The van der Waals surface area contributed by atoms with Crippen LogP contribution in [0.2, 0.25) is 5.02 Å². The zero-order valence-corrected chi connectivity index (χ0v) is 18.0. The summed E-state index contributed by atoms with van der Waals surface area (Å²) in [5.74, 6) is -0.495. The Hall–Kier alpha value is -2.60. The molecule has 3 rings (SSSR count). The second kappa shape index (κ2) is 9.94. The molecule has 160 valence electrons. The van der Waals surface area contributed by atoms with Crippen molar-refractivity contribution in [3.05, 3.63) is 70.0 Å². The molecule has 1 aliphatic heterocycles. The van der Waals surface area contributed by atoms with Gasteiger partial charge in [0.05, 0.1) is 5.02 Å². The van der Waals surface area contributed by atoms with E-state index in [-0.39, 0.29) is 35.5 Å². The maximum absolute atomic E-state index is 13.3. The van der Waals surface area contributed by atoms with Gasteiger partial charge < -0.3 is 15.5 Å². The van der Waals surface area contributed by atoms with E-state index in [0.717, 1.165) is 30.5 Å². The van der Waals surface area contributed by atoms with Crippen molar-refractivity contribution in [3.63, 3.8) is 0 Å². The summed E-state index contributed by atoms with van der Waals surface area (Å²) in [6, 6.07) is 12.0. The first-order chi connectivity index (χ1) is 14.3. The van der Waals surface area contributed by atoms with E-state index in [0.29, 0.717) is 12.1 Å². The summed E-state index contributed by atoms with van der Waals surface area (Å²) in [6.45, 7) is 5.53. The molecule has 0 saturated carbocycles. The summed E-state index contributed by atoms with van der Waals surface area (Å²) >= 11 is 5.79. The maximum atomic E-state index is 13.3. The number of nitrogens with one attached hydrogen (secondary N) is 2. The standard InChI is InChI=1S/C23H27ClFN3O2/c1-15(2)27-23(30)28-10-4-7-19(14-28)17-5-3-6-18(12-17)22(29)26-13-16-8-9-21(25)20(24)11-16/h3,5-6,8-9,11-12,15,19H,4,7,10,13-14H2,1-2H3,(H,26,29)(H,27,30)/t19-/m0/s1. The lowest BCUT2D eigenvalue weighted by atomic mass is 9.89. The van der Waals surface area contributed by atoms with Crippen LogP contribution in [0.1, 0.15) is 54.1 Å². The van der Waals surface area contributed by atoms with E-state index in [1.165, 1.54) is 12.1 Å². The number of benzene rings is 2. The average Bonchev–Trinajstić information content (AvgIpc) is 2.74. The monoisotopic (exact) mass is 431 g/mol. The number of urea groups is 1. The van der Waals surface area contributed by atoms with Crippen molar-refractivity contribution in [2.24, 2.45) is 0 Å². The fourth-order valence-electron chi connectivity index (χ4n) is 3.64. The molecule has 2 aromatic rings. The number of hydrogen-bond acceptors (Lipinski definition) is 2. The first-order valence-corrected chi connectivity index (χ1v) is 10.6. The first kappa shape index (κ1) is 22.1. The van der Waals surface area contributed by atoms with E-state index in [1.54, 1.807) is 12.1 Å². The Kier molecular flexibility index (Phi) is 7.32. The van der Waals surface area contributed by atoms with E-state index in [9.17, 15) is 14.0 Å². The molecule has 1 heterocycles. The molecule has 1 fully saturated rings. The predicted octanol–water partition coefficient (Wildman–Crippen LogP) is 4.71. The zero-order chi connectivity index (χ0) is 21.7. The molecule has 0 aliphatic carbocycles. The minimum absolute atomic E-state index is 0.0344. The molecule has 30 heavy (non-hydrogen) atoms. The van der Waals surface area contributed by atoms with Crippen molar-refractivity contribution in [3.8, 4) is 0 Å². The minimum atomic E-state index is -0.483. The number of nitrogens with zero attached hydrogens (tertiary/aromatic N) is 1. The Balaban J connectivity index is 1.64. The second-order valence-corrected chi connectivity index (χ2v) is 8.35. The van der Waals surface area contributed by atoms with Crippen LogP contribution in [0.4, 0.5) is 9.18 Å². The SMILES string of the molecule is CC(C)NC(=O)N1CCC[C@H](c2cccc(C(=O)NCc3ccc(F)c(Cl)c3)c2)C1. The quantitative estimate of drug-likeness (QED) is 0.720. The minimum Gasteiger partial charge on any atom is -0.348 e. The fraction of sp³-hybridized carbons (Fsp3) is 0.391. The third kappa shape index (κ3) is 5.72. The largest absolute Gasteiger partial charge is 0.348 e. The van der Waals surface area contributed by atoms with Crippen LogP contribution in [0.25, 0.3) is 0 Å². The van der Waals surface area contributed by atoms with Gasteiger partial charge in [-0.15, -0.1) is 0 Å². The van der Waals surface area contributed by atoms with E-state index in [2.05, 4.69) is 10.6 Å². The molecule has 0 aromatic heterocycles. The van der Waals surface area contributed by atoms with Crippen molar-refractivity contribution in [1.29, 1.82) is 0 Å². The van der Waals surface area contributed by atoms with Crippen molar-refractivity contribution >= 4 is 23.5 Å². The van der Waals surface area contributed by atoms with Crippen LogP contribution in [-0.2, 0) is 6.54 Å². The average molecular weight is 432 g/mol. The van der Waals surface area contributed by atoms with Crippen LogP contribution in [0.3, 0.4) is 0 Å². The summed E-state index contributed by atoms with van der Waals surface area (Å²) < 4.78 is 13.3. The highest BCUT2D eigenvalue weighted by Crippen LogP contribution is 2.27. The smallest absolute Gasteiger partial charge is 0.317 e. The highest BCUT2D eigenvalue weighted by Gasteiger charge is 2.25. The van der Waals surface area contributed by atoms with Gasteiger partial charge in [0, 0.05) is 37.2 Å². The molecule has 0 bridgehead atoms. The van der Waals surface area contributed by atoms with Crippen molar-refractivity contribution in [2.75, 3.05) is 13.1 Å². The molecule has 0 radical (unpaired) electrons. The second-order valence-electron chi connectivity index (χ2n) is 7.95. The Labute approximate surface area is 181 Å². The van der Waals surface area contributed by atoms with Gasteiger partial charge >= 0.3 is 6.03 Å². The van der Waals surface area contributed by atoms with Crippen molar-refractivity contribution < 1.29 is 14.0 Å². The van der Waals surface area contributed by atoms with Gasteiger partial charge in [0.25, 0.3) is 5.91 Å². The molecular weight excluding hydrogens is 405 g/mol. The molecule has 3 amide bonds. The van der Waals surface area contributed by atoms with Gasteiger partial charge in [0.15, 0.2) is 0 Å². The van der Waals surface area contributed by atoms with E-state index < -0.39 is 5.82 Å². The van der Waals surface area contributed by atoms with Gasteiger partial charge in [-0.2, -0.15) is 0 Å². The molecule has 2 N–H and O–H groups in total. The highest BCUT2D eigenvalue weighted by molar-refractivity contribution is 6.30. The molecule has 1 atom stereocenters. The Morgan fingerprint density at radius 1 is 1.23 bits per heavy atom. The van der Waals surface area contributed by atoms with E-state index in [1.807, 2.05) is 36.9 Å². The number of halogens is 2. The Morgan fingerprint density at radius 3 is 2.77 bits per heavy atom. The lowest BCUT2D eigenvalue weighted by Gasteiger charge is -2.33. The van der Waals surface area contributed by atoms with E-state index in [4.69, 9.17) is 11.6 Å². The van der Waals surface area contributed by atoms with Gasteiger partial charge in [-0.25, -0.2) is 9.18 Å². The summed E-state index contributed by atoms with van der Waals surface area (Å²) in [6.07, 6.45) is 1.91. The number of likely N-dealkylation sites (tertiary alicyclic amines) is 1. The molecule has 0 unspecified atom stereocenters. The lowest BCUT2D eigenvalue weighted by Crippen LogP contribution is -2.47. The first-order valence-electron chi connectivity index (χ1n) is 10.2. The topological polar surface area (TPSA) is 61.4 Å². The van der Waals surface area contributed by atoms with E-state index >= 15 is 0 Å². The number of carbonyl (C=O) groups is 2. The van der Waals surface area contributed by atoms with Gasteiger partial charge in [0.2, 0.25) is 0 Å². The van der Waals surface area contributed by atoms with Crippen LogP contribution >= 0.6 is 11.6 Å². The molecule has 1 aliphatic rings. The van der Waals surface area contributed by atoms with Gasteiger partial charge in [-0.1, -0.05) is 29.8 Å². The summed E-state index contributed by atoms with van der Waals surface area (Å²) in [5.41, 5.74) is 2.34. The number of hydrogen-bond donors (Lipinski definition) is 2. The van der Waals surface area contributed by atoms with Gasteiger partial charge in [-0.3, -0.25) is 4.79 Å². The van der Waals surface area contributed by atoms with Gasteiger partial charge in [0.1, 0.15) is 5.82 Å². The maximum Gasteiger partial charge on any atom is 0.317 e. The highest BCUT2D eigenvalue weighted by atomic mass is 35.5. The molecule has 1 saturated heterocycles. The lowest BCUT2D eigenvalue weighted by molar-refractivity contribution is 0.0950.